The SMILES string of the molecule is CCC(C)(C)Oc1ccc(C(C)c2ccc(OC(=O)c3ccc(Oc4ccc(OC(=O)C(C)(C)CC)cc4)cc3)c(C)c2)cc1C. The third-order valence-corrected chi connectivity index (χ3v) is 8.63. The largest absolute Gasteiger partial charge is 0.488 e. The molecule has 0 aromatic heterocycles. The lowest BCUT2D eigenvalue weighted by Crippen LogP contribution is -2.28. The maximum absolute atomic E-state index is 13.0. The maximum Gasteiger partial charge on any atom is 0.343 e. The van der Waals surface area contributed by atoms with Crippen molar-refractivity contribution in [3.8, 4) is 28.7 Å². The molecule has 0 amide bonds. The predicted molar refractivity (Wildman–Crippen MR) is 182 cm³/mol. The maximum atomic E-state index is 13.0. The van der Waals surface area contributed by atoms with Crippen molar-refractivity contribution >= 4 is 11.9 Å². The Bertz CT molecular complexity index is 1670. The standard InChI is InChI=1S/C40H46O6/c1-10-39(6,7)38(42)44-34-20-18-33(19-21-34)43-32-16-12-29(13-17-32)37(41)45-35-22-14-30(24-26(35)3)28(5)31-15-23-36(27(4)25-31)46-40(8,9)11-2/h12-25,28H,10-11H2,1-9H3. The van der Waals surface area contributed by atoms with Crippen LogP contribution in [0.25, 0.3) is 0 Å². The molecule has 0 aliphatic carbocycles. The highest BCUT2D eigenvalue weighted by atomic mass is 16.5. The Morgan fingerprint density at radius 1 is 0.652 bits per heavy atom. The first-order valence-corrected chi connectivity index (χ1v) is 15.9. The minimum Gasteiger partial charge on any atom is -0.488 e. The van der Waals surface area contributed by atoms with Gasteiger partial charge in [-0.05, 0) is 137 Å². The minimum absolute atomic E-state index is 0.155. The molecular formula is C40H46O6. The molecule has 0 spiro atoms. The molecule has 6 heteroatoms. The lowest BCUT2D eigenvalue weighted by Gasteiger charge is -2.26. The molecule has 0 saturated heterocycles. The molecule has 0 aliphatic rings. The van der Waals surface area contributed by atoms with Crippen molar-refractivity contribution in [1.82, 2.24) is 0 Å². The Labute approximate surface area is 273 Å². The number of carbonyl (C=O) groups is 2. The molecule has 4 rings (SSSR count). The van der Waals surface area contributed by atoms with Gasteiger partial charge in [0.2, 0.25) is 0 Å². The summed E-state index contributed by atoms with van der Waals surface area (Å²) in [5.74, 6) is 2.46. The molecule has 4 aromatic rings. The molecule has 6 nitrogen and oxygen atoms in total. The van der Waals surface area contributed by atoms with Crippen LogP contribution in [0.1, 0.15) is 99.8 Å². The molecule has 0 heterocycles. The number of hydrogen-bond donors (Lipinski definition) is 0. The summed E-state index contributed by atoms with van der Waals surface area (Å²) < 4.78 is 23.4. The zero-order chi connectivity index (χ0) is 33.6. The number of carbonyl (C=O) groups excluding carboxylic acids is 2. The highest BCUT2D eigenvalue weighted by Crippen LogP contribution is 2.33. The summed E-state index contributed by atoms with van der Waals surface area (Å²) in [7, 11) is 0. The van der Waals surface area contributed by atoms with Crippen molar-refractivity contribution in [2.45, 2.75) is 86.7 Å². The van der Waals surface area contributed by atoms with Crippen LogP contribution in [0.15, 0.2) is 84.9 Å². The number of ether oxygens (including phenoxy) is 4. The average molecular weight is 623 g/mol. The highest BCUT2D eigenvalue weighted by Gasteiger charge is 2.27. The zero-order valence-corrected chi connectivity index (χ0v) is 28.5. The van der Waals surface area contributed by atoms with E-state index >= 15 is 0 Å². The summed E-state index contributed by atoms with van der Waals surface area (Å²) in [6.45, 7) is 18.2. The van der Waals surface area contributed by atoms with E-state index in [1.54, 1.807) is 48.5 Å². The van der Waals surface area contributed by atoms with Crippen LogP contribution in [0.4, 0.5) is 0 Å². The number of benzene rings is 4. The zero-order valence-electron chi connectivity index (χ0n) is 28.5. The normalized spacial score (nSPS) is 12.3. The van der Waals surface area contributed by atoms with E-state index < -0.39 is 11.4 Å². The van der Waals surface area contributed by atoms with Crippen molar-refractivity contribution in [1.29, 1.82) is 0 Å². The minimum atomic E-state index is -0.548. The summed E-state index contributed by atoms with van der Waals surface area (Å²) in [6, 6.07) is 25.9. The molecular weight excluding hydrogens is 576 g/mol. The van der Waals surface area contributed by atoms with Crippen LogP contribution >= 0.6 is 0 Å². The Balaban J connectivity index is 1.36. The molecule has 0 saturated carbocycles. The van der Waals surface area contributed by atoms with Gasteiger partial charge in [0.1, 0.15) is 34.3 Å². The lowest BCUT2D eigenvalue weighted by atomic mass is 9.91. The van der Waals surface area contributed by atoms with Crippen LogP contribution in [-0.4, -0.2) is 17.5 Å². The Morgan fingerprint density at radius 2 is 1.15 bits per heavy atom. The molecule has 242 valence electrons. The first kappa shape index (κ1) is 34.3. The second-order valence-corrected chi connectivity index (χ2v) is 13.1. The molecule has 0 radical (unpaired) electrons. The number of esters is 2. The molecule has 4 aromatic carbocycles. The molecule has 0 bridgehead atoms. The van der Waals surface area contributed by atoms with Gasteiger partial charge in [0.15, 0.2) is 0 Å². The monoisotopic (exact) mass is 622 g/mol. The topological polar surface area (TPSA) is 71.1 Å². The van der Waals surface area contributed by atoms with Gasteiger partial charge in [0, 0.05) is 5.92 Å². The van der Waals surface area contributed by atoms with Gasteiger partial charge in [0.25, 0.3) is 0 Å². The first-order valence-electron chi connectivity index (χ1n) is 15.9. The van der Waals surface area contributed by atoms with Crippen LogP contribution < -0.4 is 18.9 Å². The highest BCUT2D eigenvalue weighted by molar-refractivity contribution is 5.91. The van der Waals surface area contributed by atoms with E-state index in [0.29, 0.717) is 35.0 Å². The third-order valence-electron chi connectivity index (χ3n) is 8.63. The second-order valence-electron chi connectivity index (χ2n) is 13.1. The van der Waals surface area contributed by atoms with Crippen LogP contribution in [0.2, 0.25) is 0 Å². The van der Waals surface area contributed by atoms with Crippen LogP contribution in [0.3, 0.4) is 0 Å². The second kappa shape index (κ2) is 14.2. The molecule has 0 fully saturated rings. The number of aryl methyl sites for hydroxylation is 2. The fraction of sp³-hybridized carbons (Fsp3) is 0.350. The number of rotatable bonds is 12. The molecule has 0 N–H and O–H groups in total. The van der Waals surface area contributed by atoms with Crippen molar-refractivity contribution < 1.29 is 28.5 Å². The van der Waals surface area contributed by atoms with Gasteiger partial charge < -0.3 is 18.9 Å². The third kappa shape index (κ3) is 8.57. The van der Waals surface area contributed by atoms with Gasteiger partial charge in [-0.1, -0.05) is 45.0 Å². The van der Waals surface area contributed by atoms with Gasteiger partial charge >= 0.3 is 11.9 Å². The summed E-state index contributed by atoms with van der Waals surface area (Å²) in [5, 5.41) is 0. The fourth-order valence-corrected chi connectivity index (χ4v) is 4.59. The van der Waals surface area contributed by atoms with Crippen molar-refractivity contribution in [2.75, 3.05) is 0 Å². The number of hydrogen-bond acceptors (Lipinski definition) is 6. The Morgan fingerprint density at radius 3 is 1.65 bits per heavy atom. The van der Waals surface area contributed by atoms with Crippen LogP contribution in [0, 0.1) is 19.3 Å². The Kier molecular flexibility index (Phi) is 10.6. The molecule has 0 aliphatic heterocycles. The molecule has 1 unspecified atom stereocenters. The summed E-state index contributed by atoms with van der Waals surface area (Å²) in [4.78, 5) is 25.3. The molecule has 46 heavy (non-hydrogen) atoms. The van der Waals surface area contributed by atoms with E-state index in [0.717, 1.165) is 28.9 Å². The van der Waals surface area contributed by atoms with Crippen LogP contribution in [-0.2, 0) is 4.79 Å². The smallest absolute Gasteiger partial charge is 0.343 e. The van der Waals surface area contributed by atoms with E-state index in [9.17, 15) is 9.59 Å². The first-order chi connectivity index (χ1) is 21.7. The van der Waals surface area contributed by atoms with Crippen molar-refractivity contribution in [2.24, 2.45) is 5.41 Å². The van der Waals surface area contributed by atoms with Crippen LogP contribution in [0.5, 0.6) is 28.7 Å². The van der Waals surface area contributed by atoms with Gasteiger partial charge in [-0.15, -0.1) is 0 Å². The van der Waals surface area contributed by atoms with Gasteiger partial charge in [0.05, 0.1) is 11.0 Å². The van der Waals surface area contributed by atoms with E-state index in [4.69, 9.17) is 18.9 Å². The summed E-state index contributed by atoms with van der Waals surface area (Å²) in [5.41, 5.74) is 3.97. The lowest BCUT2D eigenvalue weighted by molar-refractivity contribution is -0.144. The van der Waals surface area contributed by atoms with E-state index in [1.165, 1.54) is 5.56 Å². The van der Waals surface area contributed by atoms with Gasteiger partial charge in [-0.25, -0.2) is 4.79 Å². The average Bonchev–Trinajstić information content (AvgIpc) is 3.03. The summed E-state index contributed by atoms with van der Waals surface area (Å²) in [6.07, 6.45) is 1.61. The summed E-state index contributed by atoms with van der Waals surface area (Å²) >= 11 is 0. The Hall–Kier alpha value is -4.58. The van der Waals surface area contributed by atoms with E-state index in [2.05, 4.69) is 58.9 Å². The van der Waals surface area contributed by atoms with Gasteiger partial charge in [-0.2, -0.15) is 0 Å². The predicted octanol–water partition coefficient (Wildman–Crippen LogP) is 10.4. The van der Waals surface area contributed by atoms with Crippen molar-refractivity contribution in [3.63, 3.8) is 0 Å². The quantitative estimate of drug-likeness (QED) is 0.116. The van der Waals surface area contributed by atoms with Crippen molar-refractivity contribution in [3.05, 3.63) is 113 Å². The fourth-order valence-electron chi connectivity index (χ4n) is 4.59. The van der Waals surface area contributed by atoms with E-state index in [1.807, 2.05) is 39.8 Å². The van der Waals surface area contributed by atoms with Gasteiger partial charge in [-0.3, -0.25) is 4.79 Å². The molecule has 1 atom stereocenters. The van der Waals surface area contributed by atoms with E-state index in [-0.39, 0.29) is 17.5 Å².